The monoisotopic (exact) mass is 651 g/mol. The Morgan fingerprint density at radius 3 is 1.73 bits per heavy atom. The van der Waals surface area contributed by atoms with Gasteiger partial charge in [-0.05, 0) is 62.5 Å². The van der Waals surface area contributed by atoms with Crippen LogP contribution in [0.1, 0.15) is 0 Å². The van der Waals surface area contributed by atoms with Gasteiger partial charge in [0, 0.05) is 33.0 Å². The van der Waals surface area contributed by atoms with Crippen molar-refractivity contribution in [3.8, 4) is 56.4 Å². The van der Waals surface area contributed by atoms with E-state index in [2.05, 4.69) is 158 Å². The molecule has 0 saturated heterocycles. The second-order valence-corrected chi connectivity index (χ2v) is 12.8. The molecule has 0 atom stereocenters. The summed E-state index contributed by atoms with van der Waals surface area (Å²) < 4.78 is 6.60. The molecule has 0 spiro atoms. The van der Waals surface area contributed by atoms with Crippen molar-refractivity contribution >= 4 is 43.5 Å². The Hall–Kier alpha value is -6.91. The molecule has 4 heteroatoms. The van der Waals surface area contributed by atoms with Gasteiger partial charge in [-0.25, -0.2) is 15.0 Å². The van der Waals surface area contributed by atoms with Crippen LogP contribution in [0.3, 0.4) is 0 Å². The van der Waals surface area contributed by atoms with Crippen LogP contribution >= 0.6 is 0 Å². The predicted octanol–water partition coefficient (Wildman–Crippen LogP) is 12.4. The van der Waals surface area contributed by atoms with Gasteiger partial charge in [-0.1, -0.05) is 152 Å². The number of para-hydroxylation sites is 1. The van der Waals surface area contributed by atoms with Crippen LogP contribution in [-0.2, 0) is 0 Å². The van der Waals surface area contributed by atoms with Gasteiger partial charge in [0.05, 0.1) is 0 Å². The molecule has 238 valence electrons. The van der Waals surface area contributed by atoms with Gasteiger partial charge in [0.15, 0.2) is 17.5 Å². The summed E-state index contributed by atoms with van der Waals surface area (Å²) in [5, 5.41) is 6.71. The zero-order valence-electron chi connectivity index (χ0n) is 27.5. The Labute approximate surface area is 294 Å². The highest BCUT2D eigenvalue weighted by atomic mass is 16.3. The number of furan rings is 1. The molecule has 0 radical (unpaired) electrons. The maximum absolute atomic E-state index is 6.60. The fourth-order valence-electron chi connectivity index (χ4n) is 7.15. The van der Waals surface area contributed by atoms with Crippen molar-refractivity contribution in [1.29, 1.82) is 0 Å². The molecule has 10 aromatic rings. The molecule has 0 amide bonds. The van der Waals surface area contributed by atoms with Gasteiger partial charge in [0.1, 0.15) is 11.2 Å². The number of benzene rings is 8. The summed E-state index contributed by atoms with van der Waals surface area (Å²) in [6, 6.07) is 61.1. The van der Waals surface area contributed by atoms with Gasteiger partial charge in [0.25, 0.3) is 0 Å². The first kappa shape index (κ1) is 29.0. The Balaban J connectivity index is 1.22. The molecule has 0 aliphatic heterocycles. The Morgan fingerprint density at radius 1 is 0.314 bits per heavy atom. The lowest BCUT2D eigenvalue weighted by atomic mass is 9.94. The van der Waals surface area contributed by atoms with Gasteiger partial charge in [0.2, 0.25) is 0 Å². The van der Waals surface area contributed by atoms with E-state index in [4.69, 9.17) is 19.4 Å². The molecule has 51 heavy (non-hydrogen) atoms. The first-order valence-corrected chi connectivity index (χ1v) is 17.1. The highest BCUT2D eigenvalue weighted by molar-refractivity contribution is 6.13. The third-order valence-electron chi connectivity index (χ3n) is 9.71. The van der Waals surface area contributed by atoms with Crippen LogP contribution in [0.5, 0.6) is 0 Å². The highest BCUT2D eigenvalue weighted by Gasteiger charge is 2.19. The molecule has 8 aromatic carbocycles. The van der Waals surface area contributed by atoms with Gasteiger partial charge in [-0.15, -0.1) is 0 Å². The molecule has 0 aliphatic rings. The third kappa shape index (κ3) is 5.13. The molecule has 4 nitrogen and oxygen atoms in total. The topological polar surface area (TPSA) is 51.8 Å². The van der Waals surface area contributed by atoms with Crippen molar-refractivity contribution in [3.63, 3.8) is 0 Å². The minimum atomic E-state index is 0.601. The normalized spacial score (nSPS) is 11.5. The van der Waals surface area contributed by atoms with Gasteiger partial charge < -0.3 is 4.42 Å². The van der Waals surface area contributed by atoms with Crippen molar-refractivity contribution in [1.82, 2.24) is 15.0 Å². The van der Waals surface area contributed by atoms with Gasteiger partial charge in [-0.3, -0.25) is 0 Å². The lowest BCUT2D eigenvalue weighted by Gasteiger charge is -2.12. The summed E-state index contributed by atoms with van der Waals surface area (Å²) in [4.78, 5) is 15.5. The zero-order chi connectivity index (χ0) is 33.7. The second-order valence-electron chi connectivity index (χ2n) is 12.8. The van der Waals surface area contributed by atoms with Crippen molar-refractivity contribution < 1.29 is 4.42 Å². The SMILES string of the molecule is c1ccc(-c2ccc(-c3nc(-c4ccc5ccccc5c4)nc(-c4cc(-c5cccc6ccccc56)c5oc6ccccc6c5c4)n3)cc2)cc1. The standard InChI is InChI=1S/C47H29N3O/c1-2-11-30(12-3-1)32-21-24-34(25-22-32)45-48-46(36-26-23-31-13-4-5-15-35(31)27-36)50-47(49-45)37-28-41(39-19-10-16-33-14-6-7-17-38(33)39)44-42(29-37)40-18-8-9-20-43(40)51-44/h1-29H. The predicted molar refractivity (Wildman–Crippen MR) is 209 cm³/mol. The molecule has 10 rings (SSSR count). The fourth-order valence-corrected chi connectivity index (χ4v) is 7.15. The quantitative estimate of drug-likeness (QED) is 0.186. The average Bonchev–Trinajstić information content (AvgIpc) is 3.59. The summed E-state index contributed by atoms with van der Waals surface area (Å²) in [5.41, 5.74) is 8.84. The fraction of sp³-hybridized carbons (Fsp3) is 0. The average molecular weight is 652 g/mol. The van der Waals surface area contributed by atoms with Crippen molar-refractivity contribution in [3.05, 3.63) is 176 Å². The van der Waals surface area contributed by atoms with Gasteiger partial charge >= 0.3 is 0 Å². The first-order valence-electron chi connectivity index (χ1n) is 17.1. The lowest BCUT2D eigenvalue weighted by molar-refractivity contribution is 0.670. The molecule has 2 heterocycles. The van der Waals surface area contributed by atoms with Crippen LogP contribution in [0.2, 0.25) is 0 Å². The summed E-state index contributed by atoms with van der Waals surface area (Å²) >= 11 is 0. The number of nitrogens with zero attached hydrogens (tertiary/aromatic N) is 3. The minimum absolute atomic E-state index is 0.601. The number of fused-ring (bicyclic) bond motifs is 5. The Kier molecular flexibility index (Phi) is 6.78. The van der Waals surface area contributed by atoms with Crippen LogP contribution in [0.15, 0.2) is 180 Å². The van der Waals surface area contributed by atoms with Crippen molar-refractivity contribution in [2.24, 2.45) is 0 Å². The maximum atomic E-state index is 6.60. The van der Waals surface area contributed by atoms with E-state index in [0.717, 1.165) is 66.1 Å². The molecule has 0 N–H and O–H groups in total. The summed E-state index contributed by atoms with van der Waals surface area (Å²) in [5.74, 6) is 1.84. The van der Waals surface area contributed by atoms with E-state index in [1.165, 1.54) is 16.3 Å². The molecule has 0 fully saturated rings. The Morgan fingerprint density at radius 2 is 0.902 bits per heavy atom. The highest BCUT2D eigenvalue weighted by Crippen LogP contribution is 2.41. The van der Waals surface area contributed by atoms with E-state index in [9.17, 15) is 0 Å². The van der Waals surface area contributed by atoms with Gasteiger partial charge in [-0.2, -0.15) is 0 Å². The molecule has 0 bridgehead atoms. The van der Waals surface area contributed by atoms with E-state index in [1.807, 2.05) is 18.2 Å². The van der Waals surface area contributed by atoms with Crippen molar-refractivity contribution in [2.45, 2.75) is 0 Å². The molecule has 0 unspecified atom stereocenters. The van der Waals surface area contributed by atoms with E-state index in [1.54, 1.807) is 0 Å². The van der Waals surface area contributed by atoms with Crippen LogP contribution < -0.4 is 0 Å². The van der Waals surface area contributed by atoms with E-state index in [-0.39, 0.29) is 0 Å². The van der Waals surface area contributed by atoms with Crippen LogP contribution in [0, 0.1) is 0 Å². The second kappa shape index (κ2) is 11.9. The van der Waals surface area contributed by atoms with Crippen LogP contribution in [0.4, 0.5) is 0 Å². The zero-order valence-corrected chi connectivity index (χ0v) is 27.5. The summed E-state index contributed by atoms with van der Waals surface area (Å²) in [6.07, 6.45) is 0. The number of aromatic nitrogens is 3. The van der Waals surface area contributed by atoms with E-state index < -0.39 is 0 Å². The lowest BCUT2D eigenvalue weighted by Crippen LogP contribution is -2.00. The molecular weight excluding hydrogens is 623 g/mol. The molecule has 2 aromatic heterocycles. The van der Waals surface area contributed by atoms with Crippen molar-refractivity contribution in [2.75, 3.05) is 0 Å². The summed E-state index contributed by atoms with van der Waals surface area (Å²) in [7, 11) is 0. The summed E-state index contributed by atoms with van der Waals surface area (Å²) in [6.45, 7) is 0. The number of hydrogen-bond donors (Lipinski definition) is 0. The largest absolute Gasteiger partial charge is 0.455 e. The maximum Gasteiger partial charge on any atom is 0.164 e. The van der Waals surface area contributed by atoms with Crippen LogP contribution in [0.25, 0.3) is 99.9 Å². The Bertz CT molecular complexity index is 2900. The first-order chi connectivity index (χ1) is 25.2. The number of hydrogen-bond acceptors (Lipinski definition) is 4. The molecule has 0 saturated carbocycles. The molecular formula is C47H29N3O. The third-order valence-corrected chi connectivity index (χ3v) is 9.71. The number of rotatable bonds is 5. The van der Waals surface area contributed by atoms with E-state index in [0.29, 0.717) is 17.5 Å². The minimum Gasteiger partial charge on any atom is -0.455 e. The smallest absolute Gasteiger partial charge is 0.164 e. The molecule has 0 aliphatic carbocycles. The van der Waals surface area contributed by atoms with E-state index >= 15 is 0 Å². The van der Waals surface area contributed by atoms with Crippen LogP contribution in [-0.4, -0.2) is 15.0 Å².